The molecule has 1 aromatic carbocycles. The third kappa shape index (κ3) is 2.05. The Morgan fingerprint density at radius 1 is 1.38 bits per heavy atom. The molecule has 0 unspecified atom stereocenters. The molecule has 16 heavy (non-hydrogen) atoms. The molecule has 0 amide bonds. The second kappa shape index (κ2) is 4.20. The Balaban J connectivity index is 2.29. The maximum Gasteiger partial charge on any atom is 0.186 e. The molecule has 86 valence electrons. The minimum atomic E-state index is -0.454. The van der Waals surface area contributed by atoms with E-state index in [1.54, 1.807) is 0 Å². The number of halogens is 2. The topological polar surface area (TPSA) is 21.6 Å². The molecule has 0 radical (unpaired) electrons. The van der Waals surface area contributed by atoms with Gasteiger partial charge >= 0.3 is 0 Å². The van der Waals surface area contributed by atoms with E-state index in [0.717, 1.165) is 12.1 Å². The molecule has 2 rings (SSSR count). The van der Waals surface area contributed by atoms with Crippen molar-refractivity contribution in [2.75, 3.05) is 6.61 Å². The molecule has 0 bridgehead atoms. The van der Waals surface area contributed by atoms with Gasteiger partial charge in [-0.15, -0.1) is 0 Å². The fourth-order valence-electron chi connectivity index (χ4n) is 1.64. The standard InChI is InChI=1S/C12H13F2NO/c1-7(2)12-15-11(6-16-12)9-5-8(13)3-4-10(9)14/h3-5,7,11H,6H2,1-2H3/t11-/m1/s1. The minimum absolute atomic E-state index is 0.168. The molecule has 0 saturated heterocycles. The Labute approximate surface area is 93.0 Å². The largest absolute Gasteiger partial charge is 0.478 e. The first kappa shape index (κ1) is 11.0. The third-order valence-corrected chi connectivity index (χ3v) is 2.48. The molecule has 1 heterocycles. The first-order valence-electron chi connectivity index (χ1n) is 5.23. The van der Waals surface area contributed by atoms with Crippen molar-refractivity contribution in [3.8, 4) is 0 Å². The summed E-state index contributed by atoms with van der Waals surface area (Å²) in [4.78, 5) is 4.25. The van der Waals surface area contributed by atoms with Gasteiger partial charge in [-0.05, 0) is 18.2 Å². The Hall–Kier alpha value is -1.45. The van der Waals surface area contributed by atoms with Crippen molar-refractivity contribution in [1.29, 1.82) is 0 Å². The molecule has 0 saturated carbocycles. The summed E-state index contributed by atoms with van der Waals surface area (Å²) in [5.74, 6) is -0.122. The molecule has 0 aromatic heterocycles. The fourth-order valence-corrected chi connectivity index (χ4v) is 1.64. The molecule has 1 aliphatic rings. The van der Waals surface area contributed by atoms with Gasteiger partial charge in [0.25, 0.3) is 0 Å². The zero-order valence-electron chi connectivity index (χ0n) is 9.21. The first-order chi connectivity index (χ1) is 7.58. The summed E-state index contributed by atoms with van der Waals surface area (Å²) in [5.41, 5.74) is 0.260. The number of ether oxygens (including phenoxy) is 1. The number of aliphatic imine (C=N–C) groups is 1. The molecule has 4 heteroatoms. The zero-order chi connectivity index (χ0) is 11.7. The first-order valence-corrected chi connectivity index (χ1v) is 5.23. The Morgan fingerprint density at radius 2 is 2.12 bits per heavy atom. The van der Waals surface area contributed by atoms with Crippen LogP contribution >= 0.6 is 0 Å². The lowest BCUT2D eigenvalue weighted by atomic mass is 10.1. The predicted octanol–water partition coefficient (Wildman–Crippen LogP) is 3.09. The summed E-state index contributed by atoms with van der Waals surface area (Å²) in [6, 6.07) is 2.97. The Kier molecular flexibility index (Phi) is 2.90. The summed E-state index contributed by atoms with van der Waals surface area (Å²) in [6.07, 6.45) is 0. The van der Waals surface area contributed by atoms with Gasteiger partial charge < -0.3 is 4.74 Å². The maximum atomic E-state index is 13.5. The van der Waals surface area contributed by atoms with Gasteiger partial charge in [0, 0.05) is 11.5 Å². The lowest BCUT2D eigenvalue weighted by Crippen LogP contribution is -2.06. The highest BCUT2D eigenvalue weighted by molar-refractivity contribution is 5.79. The minimum Gasteiger partial charge on any atom is -0.478 e. The SMILES string of the molecule is CC(C)C1=N[C@@H](c2cc(F)ccc2F)CO1. The van der Waals surface area contributed by atoms with Gasteiger partial charge in [0.2, 0.25) is 0 Å². The third-order valence-electron chi connectivity index (χ3n) is 2.48. The van der Waals surface area contributed by atoms with E-state index in [1.807, 2.05) is 13.8 Å². The molecule has 0 fully saturated rings. The van der Waals surface area contributed by atoms with Crippen molar-refractivity contribution in [3.05, 3.63) is 35.4 Å². The van der Waals surface area contributed by atoms with Crippen molar-refractivity contribution in [2.45, 2.75) is 19.9 Å². The molecule has 2 nitrogen and oxygen atoms in total. The molecular weight excluding hydrogens is 212 g/mol. The number of hydrogen-bond donors (Lipinski definition) is 0. The van der Waals surface area contributed by atoms with E-state index in [2.05, 4.69) is 4.99 Å². The van der Waals surface area contributed by atoms with Crippen LogP contribution in [0.3, 0.4) is 0 Å². The van der Waals surface area contributed by atoms with Crippen LogP contribution in [0.2, 0.25) is 0 Å². The fraction of sp³-hybridized carbons (Fsp3) is 0.417. The normalized spacial score (nSPS) is 19.8. The highest BCUT2D eigenvalue weighted by Crippen LogP contribution is 2.27. The number of nitrogens with zero attached hydrogens (tertiary/aromatic N) is 1. The van der Waals surface area contributed by atoms with E-state index in [-0.39, 0.29) is 18.1 Å². The van der Waals surface area contributed by atoms with Gasteiger partial charge in [0.15, 0.2) is 5.90 Å². The smallest absolute Gasteiger partial charge is 0.186 e. The molecule has 0 N–H and O–H groups in total. The van der Waals surface area contributed by atoms with E-state index in [4.69, 9.17) is 4.74 Å². The van der Waals surface area contributed by atoms with Crippen molar-refractivity contribution in [3.63, 3.8) is 0 Å². The lowest BCUT2D eigenvalue weighted by Gasteiger charge is -2.06. The van der Waals surface area contributed by atoms with Gasteiger partial charge in [-0.2, -0.15) is 0 Å². The van der Waals surface area contributed by atoms with Crippen LogP contribution in [0.4, 0.5) is 8.78 Å². The molecule has 1 atom stereocenters. The van der Waals surface area contributed by atoms with Crippen molar-refractivity contribution in [1.82, 2.24) is 0 Å². The number of hydrogen-bond acceptors (Lipinski definition) is 2. The van der Waals surface area contributed by atoms with Gasteiger partial charge in [-0.25, -0.2) is 13.8 Å². The highest BCUT2D eigenvalue weighted by atomic mass is 19.1. The summed E-state index contributed by atoms with van der Waals surface area (Å²) in [5, 5.41) is 0. The Morgan fingerprint density at radius 3 is 2.75 bits per heavy atom. The average molecular weight is 225 g/mol. The highest BCUT2D eigenvalue weighted by Gasteiger charge is 2.24. The monoisotopic (exact) mass is 225 g/mol. The van der Waals surface area contributed by atoms with Crippen LogP contribution in [0, 0.1) is 17.6 Å². The lowest BCUT2D eigenvalue weighted by molar-refractivity contribution is 0.301. The van der Waals surface area contributed by atoms with Crippen LogP contribution in [0.25, 0.3) is 0 Å². The van der Waals surface area contributed by atoms with E-state index in [1.165, 1.54) is 6.07 Å². The summed E-state index contributed by atoms with van der Waals surface area (Å²) >= 11 is 0. The molecule has 0 aliphatic carbocycles. The van der Waals surface area contributed by atoms with Crippen LogP contribution in [-0.4, -0.2) is 12.5 Å². The van der Waals surface area contributed by atoms with Crippen LogP contribution in [0.5, 0.6) is 0 Å². The average Bonchev–Trinajstić information content (AvgIpc) is 2.70. The van der Waals surface area contributed by atoms with Gasteiger partial charge in [0.05, 0.1) is 0 Å². The molecule has 1 aromatic rings. The second-order valence-electron chi connectivity index (χ2n) is 4.11. The summed E-state index contributed by atoms with van der Waals surface area (Å²) in [7, 11) is 0. The zero-order valence-corrected chi connectivity index (χ0v) is 9.21. The Bertz CT molecular complexity index is 429. The molecular formula is C12H13F2NO. The van der Waals surface area contributed by atoms with Crippen molar-refractivity contribution < 1.29 is 13.5 Å². The van der Waals surface area contributed by atoms with Crippen LogP contribution in [0.15, 0.2) is 23.2 Å². The van der Waals surface area contributed by atoms with Crippen LogP contribution in [0.1, 0.15) is 25.5 Å². The summed E-state index contributed by atoms with van der Waals surface area (Å²) < 4.78 is 31.8. The van der Waals surface area contributed by atoms with Gasteiger partial charge in [-0.1, -0.05) is 13.8 Å². The van der Waals surface area contributed by atoms with Crippen molar-refractivity contribution >= 4 is 5.90 Å². The molecule has 1 aliphatic heterocycles. The van der Waals surface area contributed by atoms with Crippen LogP contribution in [-0.2, 0) is 4.74 Å². The van der Waals surface area contributed by atoms with Crippen molar-refractivity contribution in [2.24, 2.45) is 10.9 Å². The van der Waals surface area contributed by atoms with E-state index in [0.29, 0.717) is 5.90 Å². The van der Waals surface area contributed by atoms with Crippen LogP contribution < -0.4 is 0 Å². The predicted molar refractivity (Wildman–Crippen MR) is 57.3 cm³/mol. The number of benzene rings is 1. The number of rotatable bonds is 2. The van der Waals surface area contributed by atoms with E-state index >= 15 is 0 Å². The van der Waals surface area contributed by atoms with Gasteiger partial charge in [0.1, 0.15) is 24.3 Å². The van der Waals surface area contributed by atoms with E-state index in [9.17, 15) is 8.78 Å². The maximum absolute atomic E-state index is 13.5. The second-order valence-corrected chi connectivity index (χ2v) is 4.11. The summed E-state index contributed by atoms with van der Waals surface area (Å²) in [6.45, 7) is 4.18. The van der Waals surface area contributed by atoms with Gasteiger partial charge in [-0.3, -0.25) is 0 Å². The van der Waals surface area contributed by atoms with E-state index < -0.39 is 17.7 Å². The quantitative estimate of drug-likeness (QED) is 0.757. The molecule has 0 spiro atoms.